The number of aromatic nitrogens is 2. The molecule has 0 saturated carbocycles. The van der Waals surface area contributed by atoms with Crippen molar-refractivity contribution >= 4 is 68.0 Å². The second kappa shape index (κ2) is 8.56. The first kappa shape index (κ1) is 20.1. The van der Waals surface area contributed by atoms with E-state index in [0.29, 0.717) is 31.0 Å². The van der Waals surface area contributed by atoms with Gasteiger partial charge < -0.3 is 10.6 Å². The highest BCUT2D eigenvalue weighted by Crippen LogP contribution is 2.25. The maximum atomic E-state index is 14.0. The molecular weight excluding hydrogens is 474 g/mol. The van der Waals surface area contributed by atoms with Crippen LogP contribution in [0.1, 0.15) is 11.1 Å². The van der Waals surface area contributed by atoms with Crippen LogP contribution in [-0.2, 0) is 6.54 Å². The van der Waals surface area contributed by atoms with Crippen molar-refractivity contribution in [3.05, 3.63) is 74.1 Å². The molecule has 0 saturated heterocycles. The highest BCUT2D eigenvalue weighted by molar-refractivity contribution is 9.10. The molecule has 0 aliphatic carbocycles. The SMILES string of the molecule is Cc1ccc(Cl)cc1NC(=S)Nc1nn(Cc2c(F)cccc2Cl)cc1Br. The normalized spacial score (nSPS) is 10.7. The number of nitrogens with one attached hydrogen (secondary N) is 2. The van der Waals surface area contributed by atoms with Crippen LogP contribution in [0.4, 0.5) is 15.9 Å². The fraction of sp³-hybridized carbons (Fsp3) is 0.111. The minimum Gasteiger partial charge on any atom is -0.332 e. The van der Waals surface area contributed by atoms with E-state index in [1.165, 1.54) is 6.07 Å². The average molecular weight is 488 g/mol. The van der Waals surface area contributed by atoms with E-state index in [-0.39, 0.29) is 12.4 Å². The van der Waals surface area contributed by atoms with Gasteiger partial charge in [0.05, 0.1) is 11.0 Å². The summed E-state index contributed by atoms with van der Waals surface area (Å²) in [6.07, 6.45) is 1.72. The lowest BCUT2D eigenvalue weighted by Gasteiger charge is -2.11. The molecule has 0 aliphatic rings. The number of benzene rings is 2. The number of nitrogens with zero attached hydrogens (tertiary/aromatic N) is 2. The predicted octanol–water partition coefficient (Wildman–Crippen LogP) is 6.26. The second-order valence-corrected chi connectivity index (χ2v) is 7.87. The first-order valence-electron chi connectivity index (χ1n) is 7.83. The van der Waals surface area contributed by atoms with Crippen LogP contribution in [0, 0.1) is 12.7 Å². The summed E-state index contributed by atoms with van der Waals surface area (Å²) >= 11 is 20.9. The monoisotopic (exact) mass is 486 g/mol. The number of hydrogen-bond acceptors (Lipinski definition) is 2. The molecule has 0 bridgehead atoms. The lowest BCUT2D eigenvalue weighted by atomic mass is 10.2. The third-order valence-electron chi connectivity index (χ3n) is 3.78. The quantitative estimate of drug-likeness (QED) is 0.426. The number of thiocarbonyl (C=S) groups is 1. The number of rotatable bonds is 4. The molecular formula is C18H14BrCl2FN4S. The molecule has 2 N–H and O–H groups in total. The maximum Gasteiger partial charge on any atom is 0.176 e. The van der Waals surface area contributed by atoms with Crippen LogP contribution in [0.2, 0.25) is 10.0 Å². The Labute approximate surface area is 179 Å². The smallest absolute Gasteiger partial charge is 0.176 e. The highest BCUT2D eigenvalue weighted by Gasteiger charge is 2.13. The summed E-state index contributed by atoms with van der Waals surface area (Å²) in [4.78, 5) is 0. The third kappa shape index (κ3) is 4.99. The molecule has 27 heavy (non-hydrogen) atoms. The van der Waals surface area contributed by atoms with Gasteiger partial charge in [0.1, 0.15) is 5.82 Å². The number of halogens is 4. The van der Waals surface area contributed by atoms with Gasteiger partial charge in [-0.15, -0.1) is 0 Å². The molecule has 0 fully saturated rings. The Hall–Kier alpha value is -1.67. The van der Waals surface area contributed by atoms with E-state index < -0.39 is 0 Å². The molecule has 2 aromatic carbocycles. The summed E-state index contributed by atoms with van der Waals surface area (Å²) in [6, 6.07) is 10.1. The molecule has 4 nitrogen and oxygen atoms in total. The van der Waals surface area contributed by atoms with Crippen molar-refractivity contribution in [2.75, 3.05) is 10.6 Å². The zero-order valence-electron chi connectivity index (χ0n) is 14.1. The van der Waals surface area contributed by atoms with E-state index in [4.69, 9.17) is 35.4 Å². The van der Waals surface area contributed by atoms with E-state index in [9.17, 15) is 4.39 Å². The Kier molecular flexibility index (Phi) is 6.37. The predicted molar refractivity (Wildman–Crippen MR) is 116 cm³/mol. The van der Waals surface area contributed by atoms with Crippen molar-refractivity contribution in [3.63, 3.8) is 0 Å². The summed E-state index contributed by atoms with van der Waals surface area (Å²) in [5, 5.41) is 11.8. The van der Waals surface area contributed by atoms with Gasteiger partial charge in [-0.3, -0.25) is 4.68 Å². The van der Waals surface area contributed by atoms with Crippen LogP contribution < -0.4 is 10.6 Å². The van der Waals surface area contributed by atoms with Crippen molar-refractivity contribution < 1.29 is 4.39 Å². The van der Waals surface area contributed by atoms with Crippen LogP contribution in [0.5, 0.6) is 0 Å². The third-order valence-corrected chi connectivity index (χ3v) is 5.15. The van der Waals surface area contributed by atoms with Crippen molar-refractivity contribution in [1.29, 1.82) is 0 Å². The molecule has 0 amide bonds. The number of anilines is 2. The maximum absolute atomic E-state index is 14.0. The molecule has 0 unspecified atom stereocenters. The van der Waals surface area contributed by atoms with Crippen molar-refractivity contribution in [2.24, 2.45) is 0 Å². The Bertz CT molecular complexity index is 989. The van der Waals surface area contributed by atoms with Gasteiger partial charge in [0.15, 0.2) is 10.9 Å². The standard InChI is InChI=1S/C18H14BrCl2FN4S/c1-10-5-6-11(20)7-16(10)23-18(27)24-17-13(19)9-26(25-17)8-12-14(21)3-2-4-15(12)22/h2-7,9H,8H2,1H3,(H2,23,24,25,27). The van der Waals surface area contributed by atoms with E-state index in [2.05, 4.69) is 31.7 Å². The highest BCUT2D eigenvalue weighted by atomic mass is 79.9. The molecule has 0 radical (unpaired) electrons. The van der Waals surface area contributed by atoms with Crippen LogP contribution in [0.3, 0.4) is 0 Å². The summed E-state index contributed by atoms with van der Waals surface area (Å²) in [6.45, 7) is 2.14. The molecule has 140 valence electrons. The first-order valence-corrected chi connectivity index (χ1v) is 9.79. The van der Waals surface area contributed by atoms with Gasteiger partial charge in [0, 0.05) is 27.5 Å². The molecule has 3 rings (SSSR count). The fourth-order valence-electron chi connectivity index (χ4n) is 2.40. The Balaban J connectivity index is 1.73. The molecule has 0 spiro atoms. The lowest BCUT2D eigenvalue weighted by molar-refractivity contribution is 0.586. The molecule has 9 heteroatoms. The van der Waals surface area contributed by atoms with E-state index in [0.717, 1.165) is 11.3 Å². The van der Waals surface area contributed by atoms with Crippen LogP contribution in [0.15, 0.2) is 47.1 Å². The van der Waals surface area contributed by atoms with Crippen molar-refractivity contribution in [2.45, 2.75) is 13.5 Å². The van der Waals surface area contributed by atoms with Gasteiger partial charge in [-0.05, 0) is 64.9 Å². The number of aryl methyl sites for hydroxylation is 1. The second-order valence-electron chi connectivity index (χ2n) is 5.76. The van der Waals surface area contributed by atoms with Gasteiger partial charge in [-0.25, -0.2) is 4.39 Å². The minimum absolute atomic E-state index is 0.194. The Morgan fingerprint density at radius 3 is 2.78 bits per heavy atom. The summed E-state index contributed by atoms with van der Waals surface area (Å²) in [7, 11) is 0. The number of hydrogen-bond donors (Lipinski definition) is 2. The summed E-state index contributed by atoms with van der Waals surface area (Å²) < 4.78 is 16.2. The zero-order chi connectivity index (χ0) is 19.6. The van der Waals surface area contributed by atoms with E-state index in [1.807, 2.05) is 19.1 Å². The Morgan fingerprint density at radius 1 is 1.26 bits per heavy atom. The first-order chi connectivity index (χ1) is 12.8. The topological polar surface area (TPSA) is 41.9 Å². The van der Waals surface area contributed by atoms with Crippen molar-refractivity contribution in [1.82, 2.24) is 9.78 Å². The summed E-state index contributed by atoms with van der Waals surface area (Å²) in [5.74, 6) is 0.122. The van der Waals surface area contributed by atoms with E-state index in [1.54, 1.807) is 29.1 Å². The summed E-state index contributed by atoms with van der Waals surface area (Å²) in [5.41, 5.74) is 2.17. The lowest BCUT2D eigenvalue weighted by Crippen LogP contribution is -2.20. The van der Waals surface area contributed by atoms with E-state index >= 15 is 0 Å². The molecule has 1 aromatic heterocycles. The zero-order valence-corrected chi connectivity index (χ0v) is 18.0. The fourth-order valence-corrected chi connectivity index (χ4v) is 3.41. The molecule has 0 aliphatic heterocycles. The van der Waals surface area contributed by atoms with Gasteiger partial charge in [-0.1, -0.05) is 35.3 Å². The van der Waals surface area contributed by atoms with Gasteiger partial charge >= 0.3 is 0 Å². The van der Waals surface area contributed by atoms with Crippen LogP contribution >= 0.6 is 51.3 Å². The largest absolute Gasteiger partial charge is 0.332 e. The van der Waals surface area contributed by atoms with Gasteiger partial charge in [0.25, 0.3) is 0 Å². The Morgan fingerprint density at radius 2 is 2.04 bits per heavy atom. The molecule has 1 heterocycles. The average Bonchev–Trinajstić information content (AvgIpc) is 2.94. The molecule has 0 atom stereocenters. The van der Waals surface area contributed by atoms with Crippen LogP contribution in [0.25, 0.3) is 0 Å². The van der Waals surface area contributed by atoms with Gasteiger partial charge in [0.2, 0.25) is 0 Å². The minimum atomic E-state index is -0.378. The van der Waals surface area contributed by atoms with Gasteiger partial charge in [-0.2, -0.15) is 5.10 Å². The van der Waals surface area contributed by atoms with Crippen LogP contribution in [-0.4, -0.2) is 14.9 Å². The van der Waals surface area contributed by atoms with Crippen molar-refractivity contribution in [3.8, 4) is 0 Å². The molecule has 3 aromatic rings.